The molecule has 0 aliphatic heterocycles. The fraction of sp³-hybridized carbons (Fsp3) is 0.419. The lowest BCUT2D eigenvalue weighted by atomic mass is 9.52. The largest absolute Gasteiger partial charge is 0.390 e. The summed E-state index contributed by atoms with van der Waals surface area (Å²) in [5, 5.41) is 14.3. The molecule has 1 heterocycles. The van der Waals surface area contributed by atoms with Crippen LogP contribution in [0.15, 0.2) is 66.9 Å². The number of carbonyl (C=O) groups excluding carboxylic acids is 1. The Bertz CT molecular complexity index is 1230. The Hall–Kier alpha value is -3.05. The number of aromatic nitrogens is 1. The van der Waals surface area contributed by atoms with Gasteiger partial charge in [-0.2, -0.15) is 0 Å². The first kappa shape index (κ1) is 24.6. The summed E-state index contributed by atoms with van der Waals surface area (Å²) in [4.78, 5) is 17.4. The maximum Gasteiger partial charge on any atom is 0.255 e. The van der Waals surface area contributed by atoms with Crippen molar-refractivity contribution in [2.75, 3.05) is 12.0 Å². The molecular formula is C31H35FN2O2. The van der Waals surface area contributed by atoms with Gasteiger partial charge in [0.15, 0.2) is 0 Å². The standard InChI is InChI=1S/C31H35FN2O2/c1-22-28(9-5-18-33-22)34-29(35)25-11-13-27-24(19-25)10-12-26-21-30(36,14-6-17-32)15-16-31(26,27)20-23-7-3-2-4-8-23/h2-5,7-9,11,13,18-19,26,36H,6,10,12,14-17,20-21H2,1H3,(H,34,35)/t26-,30-,31+/m1/s1. The van der Waals surface area contributed by atoms with Gasteiger partial charge in [0, 0.05) is 17.2 Å². The second-order valence-electron chi connectivity index (χ2n) is 10.7. The van der Waals surface area contributed by atoms with E-state index in [4.69, 9.17) is 0 Å². The second kappa shape index (κ2) is 10.1. The van der Waals surface area contributed by atoms with Crippen molar-refractivity contribution < 1.29 is 14.3 Å². The zero-order valence-electron chi connectivity index (χ0n) is 21.0. The molecule has 2 N–H and O–H groups in total. The van der Waals surface area contributed by atoms with Crippen LogP contribution in [0.2, 0.25) is 0 Å². The van der Waals surface area contributed by atoms with E-state index in [-0.39, 0.29) is 18.0 Å². The molecule has 3 atom stereocenters. The molecule has 3 aromatic rings. The number of hydrogen-bond acceptors (Lipinski definition) is 3. The lowest BCUT2D eigenvalue weighted by Crippen LogP contribution is -2.51. The number of alkyl halides is 1. The topological polar surface area (TPSA) is 62.2 Å². The highest BCUT2D eigenvalue weighted by molar-refractivity contribution is 6.04. The number of fused-ring (bicyclic) bond motifs is 3. The summed E-state index contributed by atoms with van der Waals surface area (Å²) in [7, 11) is 0. The van der Waals surface area contributed by atoms with Crippen molar-refractivity contribution in [1.29, 1.82) is 0 Å². The normalized spacial score (nSPS) is 25.0. The Morgan fingerprint density at radius 3 is 2.75 bits per heavy atom. The van der Waals surface area contributed by atoms with Crippen molar-refractivity contribution in [3.05, 3.63) is 94.8 Å². The quantitative estimate of drug-likeness (QED) is 0.409. The smallest absolute Gasteiger partial charge is 0.255 e. The molecule has 0 saturated heterocycles. The van der Waals surface area contributed by atoms with E-state index in [1.165, 1.54) is 16.7 Å². The zero-order chi connectivity index (χ0) is 25.2. The van der Waals surface area contributed by atoms with Crippen molar-refractivity contribution in [1.82, 2.24) is 4.98 Å². The number of hydrogen-bond donors (Lipinski definition) is 2. The van der Waals surface area contributed by atoms with E-state index in [0.717, 1.165) is 37.1 Å². The van der Waals surface area contributed by atoms with E-state index in [2.05, 4.69) is 46.7 Å². The first-order chi connectivity index (χ1) is 17.4. The summed E-state index contributed by atoms with van der Waals surface area (Å²) in [5.74, 6) is 0.193. The van der Waals surface area contributed by atoms with Gasteiger partial charge in [0.2, 0.25) is 0 Å². The molecule has 0 unspecified atom stereocenters. The van der Waals surface area contributed by atoms with Crippen molar-refractivity contribution in [2.45, 2.75) is 69.3 Å². The molecule has 5 heteroatoms. The Labute approximate surface area is 213 Å². The van der Waals surface area contributed by atoms with Gasteiger partial charge >= 0.3 is 0 Å². The van der Waals surface area contributed by atoms with Crippen LogP contribution in [0.25, 0.3) is 0 Å². The van der Waals surface area contributed by atoms with Crippen LogP contribution in [-0.4, -0.2) is 28.3 Å². The maximum atomic E-state index is 13.1. The van der Waals surface area contributed by atoms with E-state index >= 15 is 0 Å². The van der Waals surface area contributed by atoms with Crippen LogP contribution in [0.4, 0.5) is 10.1 Å². The summed E-state index contributed by atoms with van der Waals surface area (Å²) < 4.78 is 12.9. The number of nitrogens with one attached hydrogen (secondary N) is 1. The highest BCUT2D eigenvalue weighted by atomic mass is 19.1. The molecule has 1 saturated carbocycles. The number of carbonyl (C=O) groups is 1. The Balaban J connectivity index is 1.47. The van der Waals surface area contributed by atoms with Gasteiger partial charge in [0.05, 0.1) is 23.7 Å². The molecule has 2 aliphatic rings. The van der Waals surface area contributed by atoms with Crippen LogP contribution < -0.4 is 5.32 Å². The molecule has 0 spiro atoms. The molecule has 188 valence electrons. The summed E-state index contributed by atoms with van der Waals surface area (Å²) >= 11 is 0. The Morgan fingerprint density at radius 1 is 1.14 bits per heavy atom. The average Bonchev–Trinajstić information content (AvgIpc) is 2.89. The minimum absolute atomic E-state index is 0.0914. The van der Waals surface area contributed by atoms with Crippen LogP contribution >= 0.6 is 0 Å². The van der Waals surface area contributed by atoms with E-state index in [9.17, 15) is 14.3 Å². The lowest BCUT2D eigenvalue weighted by molar-refractivity contribution is -0.0580. The van der Waals surface area contributed by atoms with Crippen molar-refractivity contribution >= 4 is 11.6 Å². The summed E-state index contributed by atoms with van der Waals surface area (Å²) in [6.07, 6.45) is 7.66. The van der Waals surface area contributed by atoms with Gasteiger partial charge in [0.25, 0.3) is 5.91 Å². The minimum atomic E-state index is -0.782. The molecule has 2 aliphatic carbocycles. The predicted molar refractivity (Wildman–Crippen MR) is 141 cm³/mol. The number of aryl methyl sites for hydroxylation is 2. The van der Waals surface area contributed by atoms with Gasteiger partial charge in [-0.3, -0.25) is 14.2 Å². The number of pyridine rings is 1. The number of halogens is 1. The number of anilines is 1. The number of amides is 1. The molecule has 1 aromatic heterocycles. The predicted octanol–water partition coefficient (Wildman–Crippen LogP) is 6.35. The third-order valence-corrected chi connectivity index (χ3v) is 8.50. The van der Waals surface area contributed by atoms with Crippen LogP contribution in [0, 0.1) is 12.8 Å². The van der Waals surface area contributed by atoms with Gasteiger partial charge in [-0.15, -0.1) is 0 Å². The first-order valence-corrected chi connectivity index (χ1v) is 13.1. The molecule has 4 nitrogen and oxygen atoms in total. The lowest BCUT2D eigenvalue weighted by Gasteiger charge is -2.53. The van der Waals surface area contributed by atoms with Gasteiger partial charge in [-0.1, -0.05) is 36.4 Å². The van der Waals surface area contributed by atoms with E-state index < -0.39 is 5.60 Å². The highest BCUT2D eigenvalue weighted by Crippen LogP contribution is 2.55. The monoisotopic (exact) mass is 486 g/mol. The summed E-state index contributed by atoms with van der Waals surface area (Å²) in [6, 6.07) is 20.4. The van der Waals surface area contributed by atoms with E-state index in [1.807, 2.05) is 31.2 Å². The molecule has 0 bridgehead atoms. The minimum Gasteiger partial charge on any atom is -0.390 e. The number of nitrogens with zero attached hydrogens (tertiary/aromatic N) is 1. The first-order valence-electron chi connectivity index (χ1n) is 13.1. The highest BCUT2D eigenvalue weighted by Gasteiger charge is 2.51. The van der Waals surface area contributed by atoms with E-state index in [0.29, 0.717) is 37.2 Å². The van der Waals surface area contributed by atoms with Gasteiger partial charge in [0.1, 0.15) is 0 Å². The SMILES string of the molecule is Cc1ncccc1NC(=O)c1ccc2c(c1)CC[C@@H]1C[C@@](O)(CCCF)CC[C@@]21Cc1ccccc1. The van der Waals surface area contributed by atoms with Crippen LogP contribution in [0.1, 0.15) is 71.3 Å². The second-order valence-corrected chi connectivity index (χ2v) is 10.7. The van der Waals surface area contributed by atoms with Gasteiger partial charge in [-0.05, 0) is 105 Å². The summed E-state index contributed by atoms with van der Waals surface area (Å²) in [5.41, 5.74) is 5.12. The van der Waals surface area contributed by atoms with Crippen molar-refractivity contribution in [3.8, 4) is 0 Å². The number of benzene rings is 2. The molecule has 1 amide bonds. The third kappa shape index (κ3) is 4.81. The molecule has 1 fully saturated rings. The number of rotatable bonds is 7. The van der Waals surface area contributed by atoms with Crippen molar-refractivity contribution in [2.24, 2.45) is 5.92 Å². The van der Waals surface area contributed by atoms with Gasteiger partial charge < -0.3 is 10.4 Å². The average molecular weight is 487 g/mol. The van der Waals surface area contributed by atoms with Gasteiger partial charge in [-0.25, -0.2) is 0 Å². The molecule has 2 aromatic carbocycles. The zero-order valence-corrected chi connectivity index (χ0v) is 21.0. The van der Waals surface area contributed by atoms with Crippen molar-refractivity contribution in [3.63, 3.8) is 0 Å². The van der Waals surface area contributed by atoms with E-state index in [1.54, 1.807) is 6.20 Å². The number of aliphatic hydroxyl groups is 1. The molecular weight excluding hydrogens is 451 g/mol. The maximum absolute atomic E-state index is 13.1. The van der Waals surface area contributed by atoms with Crippen LogP contribution in [0.3, 0.4) is 0 Å². The van der Waals surface area contributed by atoms with Crippen LogP contribution in [-0.2, 0) is 18.3 Å². The molecule has 0 radical (unpaired) electrons. The fourth-order valence-electron chi connectivity index (χ4n) is 6.63. The third-order valence-electron chi connectivity index (χ3n) is 8.50. The molecule has 36 heavy (non-hydrogen) atoms. The molecule has 5 rings (SSSR count). The Morgan fingerprint density at radius 2 is 1.97 bits per heavy atom. The fourth-order valence-corrected chi connectivity index (χ4v) is 6.63. The Kier molecular flexibility index (Phi) is 6.94. The van der Waals surface area contributed by atoms with Crippen LogP contribution in [0.5, 0.6) is 0 Å². The summed E-state index contributed by atoms with van der Waals surface area (Å²) in [6.45, 7) is 1.50.